The van der Waals surface area contributed by atoms with E-state index in [4.69, 9.17) is 4.74 Å². The Labute approximate surface area is 98.3 Å². The largest absolute Gasteiger partial charge is 0.461 e. The van der Waals surface area contributed by atoms with Gasteiger partial charge in [-0.25, -0.2) is 4.79 Å². The second-order valence-electron chi connectivity index (χ2n) is 3.66. The number of aromatic amines is 1. The molecule has 0 aliphatic carbocycles. The molecule has 0 unspecified atom stereocenters. The van der Waals surface area contributed by atoms with Crippen LogP contribution in [0.25, 0.3) is 0 Å². The van der Waals surface area contributed by atoms with E-state index in [0.29, 0.717) is 18.2 Å². The van der Waals surface area contributed by atoms with Crippen molar-refractivity contribution < 1.29 is 9.53 Å². The number of H-pyrrole nitrogens is 1. The molecule has 0 bridgehead atoms. The number of nitrogens with zero attached hydrogens (tertiary/aromatic N) is 2. The van der Waals surface area contributed by atoms with E-state index >= 15 is 0 Å². The highest BCUT2D eigenvalue weighted by atomic mass is 32.2. The summed E-state index contributed by atoms with van der Waals surface area (Å²) < 4.78 is 4.95. The molecule has 2 heterocycles. The van der Waals surface area contributed by atoms with Gasteiger partial charge in [0.2, 0.25) is 0 Å². The summed E-state index contributed by atoms with van der Waals surface area (Å²) in [5.74, 6) is 2.23. The third kappa shape index (κ3) is 2.37. The van der Waals surface area contributed by atoms with E-state index in [-0.39, 0.29) is 5.97 Å². The summed E-state index contributed by atoms with van der Waals surface area (Å²) >= 11 is 1.95. The monoisotopic (exact) mass is 241 g/mol. The van der Waals surface area contributed by atoms with Crippen molar-refractivity contribution >= 4 is 17.7 Å². The number of carbonyl (C=O) groups excluding carboxylic acids is 1. The van der Waals surface area contributed by atoms with Crippen LogP contribution >= 0.6 is 11.8 Å². The van der Waals surface area contributed by atoms with E-state index in [1.807, 2.05) is 11.8 Å². The summed E-state index contributed by atoms with van der Waals surface area (Å²) in [4.78, 5) is 11.6. The van der Waals surface area contributed by atoms with Crippen LogP contribution in [-0.2, 0) is 4.74 Å². The molecule has 1 saturated heterocycles. The van der Waals surface area contributed by atoms with Crippen LogP contribution in [-0.4, -0.2) is 39.5 Å². The van der Waals surface area contributed by atoms with Gasteiger partial charge >= 0.3 is 5.97 Å². The number of nitrogens with one attached hydrogen (secondary N) is 1. The molecule has 0 atom stereocenters. The smallest absolute Gasteiger partial charge is 0.360 e. The Hall–Kier alpha value is -1.04. The summed E-state index contributed by atoms with van der Waals surface area (Å²) in [7, 11) is 0. The summed E-state index contributed by atoms with van der Waals surface area (Å²) in [5, 5.41) is 10.5. The van der Waals surface area contributed by atoms with Crippen LogP contribution in [0.2, 0.25) is 0 Å². The first kappa shape index (κ1) is 11.4. The molecular formula is C10H15N3O2S. The van der Waals surface area contributed by atoms with Gasteiger partial charge in [0.05, 0.1) is 6.61 Å². The maximum absolute atomic E-state index is 11.6. The number of esters is 1. The Morgan fingerprint density at radius 3 is 2.94 bits per heavy atom. The highest BCUT2D eigenvalue weighted by Gasteiger charge is 2.26. The Bertz CT molecular complexity index is 361. The lowest BCUT2D eigenvalue weighted by molar-refractivity contribution is 0.0517. The van der Waals surface area contributed by atoms with Gasteiger partial charge in [-0.3, -0.25) is 0 Å². The molecule has 6 heteroatoms. The summed E-state index contributed by atoms with van der Waals surface area (Å²) in [6.45, 7) is 2.15. The van der Waals surface area contributed by atoms with E-state index in [1.54, 1.807) is 6.92 Å². The van der Waals surface area contributed by atoms with Gasteiger partial charge in [-0.15, -0.1) is 5.10 Å². The van der Waals surface area contributed by atoms with Crippen LogP contribution in [0.15, 0.2) is 0 Å². The maximum atomic E-state index is 11.6. The van der Waals surface area contributed by atoms with Crippen molar-refractivity contribution in [3.05, 3.63) is 11.4 Å². The van der Waals surface area contributed by atoms with Gasteiger partial charge in [-0.2, -0.15) is 22.1 Å². The first-order valence-corrected chi connectivity index (χ1v) is 6.64. The van der Waals surface area contributed by atoms with Crippen LogP contribution < -0.4 is 0 Å². The van der Waals surface area contributed by atoms with Gasteiger partial charge < -0.3 is 4.74 Å². The van der Waals surface area contributed by atoms with E-state index in [9.17, 15) is 4.79 Å². The number of rotatable bonds is 3. The molecule has 1 aromatic heterocycles. The van der Waals surface area contributed by atoms with Crippen molar-refractivity contribution in [1.82, 2.24) is 15.4 Å². The van der Waals surface area contributed by atoms with Crippen LogP contribution in [0.3, 0.4) is 0 Å². The molecule has 1 N–H and O–H groups in total. The topological polar surface area (TPSA) is 67.9 Å². The summed E-state index contributed by atoms with van der Waals surface area (Å²) in [5.41, 5.74) is 1.14. The van der Waals surface area contributed by atoms with Crippen molar-refractivity contribution in [3.8, 4) is 0 Å². The predicted octanol–water partition coefficient (Wildman–Crippen LogP) is 1.59. The fourth-order valence-corrected chi connectivity index (χ4v) is 2.95. The molecule has 88 valence electrons. The normalized spacial score (nSPS) is 17.3. The second-order valence-corrected chi connectivity index (χ2v) is 4.89. The fraction of sp³-hybridized carbons (Fsp3) is 0.700. The van der Waals surface area contributed by atoms with Gasteiger partial charge in [0.15, 0.2) is 5.69 Å². The first-order chi connectivity index (χ1) is 7.83. The molecule has 0 radical (unpaired) electrons. The number of thioether (sulfide) groups is 1. The van der Waals surface area contributed by atoms with Gasteiger partial charge in [0, 0.05) is 5.92 Å². The predicted molar refractivity (Wildman–Crippen MR) is 61.6 cm³/mol. The van der Waals surface area contributed by atoms with Crippen molar-refractivity contribution in [2.45, 2.75) is 25.7 Å². The highest BCUT2D eigenvalue weighted by molar-refractivity contribution is 7.99. The molecule has 0 amide bonds. The number of ether oxygens (including phenoxy) is 1. The number of hydrogen-bond donors (Lipinski definition) is 1. The number of hydrogen-bond acceptors (Lipinski definition) is 5. The average molecular weight is 241 g/mol. The first-order valence-electron chi connectivity index (χ1n) is 5.48. The average Bonchev–Trinajstić information content (AvgIpc) is 2.79. The third-order valence-electron chi connectivity index (χ3n) is 2.65. The lowest BCUT2D eigenvalue weighted by Crippen LogP contribution is -2.14. The number of aromatic nitrogens is 3. The van der Waals surface area contributed by atoms with Gasteiger partial charge in [-0.1, -0.05) is 0 Å². The lowest BCUT2D eigenvalue weighted by Gasteiger charge is -2.19. The molecule has 0 aromatic carbocycles. The van der Waals surface area contributed by atoms with Gasteiger partial charge in [-0.05, 0) is 31.3 Å². The summed E-state index contributed by atoms with van der Waals surface area (Å²) in [6, 6.07) is 0. The molecule has 5 nitrogen and oxygen atoms in total. The van der Waals surface area contributed by atoms with Crippen molar-refractivity contribution in [3.63, 3.8) is 0 Å². The molecule has 1 aromatic rings. The van der Waals surface area contributed by atoms with Crippen LogP contribution in [0, 0.1) is 0 Å². The molecule has 1 fully saturated rings. The van der Waals surface area contributed by atoms with E-state index in [1.165, 1.54) is 0 Å². The quantitative estimate of drug-likeness (QED) is 0.814. The van der Waals surface area contributed by atoms with Crippen LogP contribution in [0.5, 0.6) is 0 Å². The molecule has 1 aliphatic rings. The lowest BCUT2D eigenvalue weighted by atomic mass is 9.97. The zero-order valence-corrected chi connectivity index (χ0v) is 10.0. The van der Waals surface area contributed by atoms with Crippen molar-refractivity contribution in [2.75, 3.05) is 18.1 Å². The van der Waals surface area contributed by atoms with E-state index in [0.717, 1.165) is 30.0 Å². The number of carbonyl (C=O) groups is 1. The molecule has 0 spiro atoms. The van der Waals surface area contributed by atoms with Crippen LogP contribution in [0.1, 0.15) is 41.9 Å². The van der Waals surface area contributed by atoms with Gasteiger partial charge in [0.25, 0.3) is 0 Å². The Morgan fingerprint density at radius 1 is 1.50 bits per heavy atom. The third-order valence-corrected chi connectivity index (χ3v) is 3.70. The second kappa shape index (κ2) is 5.34. The molecule has 2 rings (SSSR count). The molecule has 0 saturated carbocycles. The Morgan fingerprint density at radius 2 is 2.25 bits per heavy atom. The molecule has 1 aliphatic heterocycles. The van der Waals surface area contributed by atoms with Crippen molar-refractivity contribution in [2.24, 2.45) is 0 Å². The minimum atomic E-state index is -0.371. The fourth-order valence-electron chi connectivity index (χ4n) is 1.84. The SMILES string of the molecule is CCOC(=O)c1n[nH]nc1C1CCSCC1. The van der Waals surface area contributed by atoms with Gasteiger partial charge in [0.1, 0.15) is 5.69 Å². The Balaban J connectivity index is 2.14. The molecular weight excluding hydrogens is 226 g/mol. The standard InChI is InChI=1S/C10H15N3O2S/c1-2-15-10(14)9-8(11-13-12-9)7-3-5-16-6-4-7/h7H,2-6H2,1H3,(H,11,12,13). The summed E-state index contributed by atoms with van der Waals surface area (Å²) in [6.07, 6.45) is 2.12. The maximum Gasteiger partial charge on any atom is 0.360 e. The highest BCUT2D eigenvalue weighted by Crippen LogP contribution is 2.31. The Kier molecular flexibility index (Phi) is 3.82. The van der Waals surface area contributed by atoms with E-state index < -0.39 is 0 Å². The van der Waals surface area contributed by atoms with Crippen molar-refractivity contribution in [1.29, 1.82) is 0 Å². The zero-order chi connectivity index (χ0) is 11.4. The minimum Gasteiger partial charge on any atom is -0.461 e. The minimum absolute atomic E-state index is 0.347. The zero-order valence-electron chi connectivity index (χ0n) is 9.23. The molecule has 16 heavy (non-hydrogen) atoms. The van der Waals surface area contributed by atoms with E-state index in [2.05, 4.69) is 15.4 Å². The van der Waals surface area contributed by atoms with Crippen LogP contribution in [0.4, 0.5) is 0 Å².